The number of ether oxygens (including phenoxy) is 2. The van der Waals surface area contributed by atoms with Gasteiger partial charge in [0.25, 0.3) is 5.91 Å². The van der Waals surface area contributed by atoms with Gasteiger partial charge in [0.2, 0.25) is 5.91 Å². The Balaban J connectivity index is 2.17. The monoisotopic (exact) mass is 386 g/mol. The Labute approximate surface area is 165 Å². The van der Waals surface area contributed by atoms with E-state index in [4.69, 9.17) is 14.7 Å². The summed E-state index contributed by atoms with van der Waals surface area (Å²) in [6, 6.07) is 7.41. The van der Waals surface area contributed by atoms with Crippen molar-refractivity contribution in [2.45, 2.75) is 13.3 Å². The molecular formula is C20H26N4O4. The largest absolute Gasteiger partial charge is 0.493 e. The third-order valence-corrected chi connectivity index (χ3v) is 4.46. The van der Waals surface area contributed by atoms with Gasteiger partial charge in [0.1, 0.15) is 5.70 Å². The van der Waals surface area contributed by atoms with Gasteiger partial charge in [-0.15, -0.1) is 0 Å². The molecule has 1 saturated heterocycles. The van der Waals surface area contributed by atoms with E-state index in [0.29, 0.717) is 56.2 Å². The molecule has 1 heterocycles. The SMILES string of the molecule is COc1ccc(/C=C(\NC(C)=O)C(=O)N2CCN(CCC#N)CC2)cc1OC. The highest BCUT2D eigenvalue weighted by atomic mass is 16.5. The third kappa shape index (κ3) is 5.72. The van der Waals surface area contributed by atoms with E-state index in [1.807, 2.05) is 0 Å². The van der Waals surface area contributed by atoms with Crippen LogP contribution in [0.2, 0.25) is 0 Å². The topological polar surface area (TPSA) is 94.9 Å². The first-order valence-corrected chi connectivity index (χ1v) is 9.08. The molecule has 150 valence electrons. The fourth-order valence-corrected chi connectivity index (χ4v) is 3.00. The number of piperazine rings is 1. The zero-order valence-electron chi connectivity index (χ0n) is 16.5. The normalized spacial score (nSPS) is 14.9. The molecule has 8 nitrogen and oxygen atoms in total. The molecule has 0 unspecified atom stereocenters. The number of amides is 2. The number of methoxy groups -OCH3 is 2. The van der Waals surface area contributed by atoms with Gasteiger partial charge in [0, 0.05) is 46.1 Å². The molecule has 28 heavy (non-hydrogen) atoms. The van der Waals surface area contributed by atoms with Crippen LogP contribution in [0.4, 0.5) is 0 Å². The molecule has 1 aliphatic rings. The number of nitriles is 1. The van der Waals surface area contributed by atoms with Crippen molar-refractivity contribution in [3.8, 4) is 17.6 Å². The second-order valence-corrected chi connectivity index (χ2v) is 6.40. The molecule has 0 spiro atoms. The van der Waals surface area contributed by atoms with Gasteiger partial charge >= 0.3 is 0 Å². The molecule has 1 N–H and O–H groups in total. The Bertz CT molecular complexity index is 777. The van der Waals surface area contributed by atoms with Gasteiger partial charge in [-0.1, -0.05) is 6.07 Å². The lowest BCUT2D eigenvalue weighted by molar-refractivity contribution is -0.130. The fourth-order valence-electron chi connectivity index (χ4n) is 3.00. The van der Waals surface area contributed by atoms with Gasteiger partial charge in [-0.3, -0.25) is 14.5 Å². The number of rotatable bonds is 7. The lowest BCUT2D eigenvalue weighted by Gasteiger charge is -2.34. The van der Waals surface area contributed by atoms with Gasteiger partial charge in [-0.05, 0) is 23.8 Å². The lowest BCUT2D eigenvalue weighted by Crippen LogP contribution is -2.50. The number of nitrogens with one attached hydrogen (secondary N) is 1. The average molecular weight is 386 g/mol. The van der Waals surface area contributed by atoms with Crippen molar-refractivity contribution < 1.29 is 19.1 Å². The standard InChI is InChI=1S/C20H26N4O4/c1-15(25)22-17(13-16-5-6-18(27-2)19(14-16)28-3)20(26)24-11-9-23(10-12-24)8-4-7-21/h5-6,13-14H,4,8-12H2,1-3H3,(H,22,25)/b17-13-. The van der Waals surface area contributed by atoms with Crippen LogP contribution in [0, 0.1) is 11.3 Å². The summed E-state index contributed by atoms with van der Waals surface area (Å²) in [5, 5.41) is 11.3. The van der Waals surface area contributed by atoms with Crippen molar-refractivity contribution >= 4 is 17.9 Å². The Morgan fingerprint density at radius 3 is 2.43 bits per heavy atom. The van der Waals surface area contributed by atoms with Crippen LogP contribution < -0.4 is 14.8 Å². The maximum absolute atomic E-state index is 13.0. The van der Waals surface area contributed by atoms with E-state index in [2.05, 4.69) is 16.3 Å². The maximum Gasteiger partial charge on any atom is 0.270 e. The highest BCUT2D eigenvalue weighted by Gasteiger charge is 2.24. The van der Waals surface area contributed by atoms with Crippen molar-refractivity contribution in [3.05, 3.63) is 29.5 Å². The molecular weight excluding hydrogens is 360 g/mol. The number of benzene rings is 1. The molecule has 1 fully saturated rings. The van der Waals surface area contributed by atoms with Crippen molar-refractivity contribution in [2.75, 3.05) is 46.9 Å². The minimum Gasteiger partial charge on any atom is -0.493 e. The average Bonchev–Trinajstić information content (AvgIpc) is 2.71. The van der Waals surface area contributed by atoms with Crippen LogP contribution in [-0.4, -0.2) is 68.6 Å². The number of carbonyl (C=O) groups excluding carboxylic acids is 2. The summed E-state index contributed by atoms with van der Waals surface area (Å²) in [5.74, 6) is 0.579. The van der Waals surface area contributed by atoms with Crippen LogP contribution in [0.15, 0.2) is 23.9 Å². The summed E-state index contributed by atoms with van der Waals surface area (Å²) in [6.45, 7) is 4.59. The Hall–Kier alpha value is -3.05. The molecule has 8 heteroatoms. The molecule has 0 radical (unpaired) electrons. The minimum atomic E-state index is -0.312. The number of hydrogen-bond donors (Lipinski definition) is 1. The molecule has 2 amide bonds. The van der Waals surface area contributed by atoms with Gasteiger partial charge in [0.05, 0.1) is 20.3 Å². The summed E-state index contributed by atoms with van der Waals surface area (Å²) < 4.78 is 10.5. The van der Waals surface area contributed by atoms with Crippen molar-refractivity contribution in [1.29, 1.82) is 5.26 Å². The summed E-state index contributed by atoms with van der Waals surface area (Å²) >= 11 is 0. The second-order valence-electron chi connectivity index (χ2n) is 6.40. The van der Waals surface area contributed by atoms with Gasteiger partial charge in [-0.25, -0.2) is 0 Å². The van der Waals surface area contributed by atoms with E-state index in [1.165, 1.54) is 14.0 Å². The van der Waals surface area contributed by atoms with Gasteiger partial charge in [-0.2, -0.15) is 5.26 Å². The summed E-state index contributed by atoms with van der Waals surface area (Å²) in [7, 11) is 3.09. The molecule has 0 saturated carbocycles. The lowest BCUT2D eigenvalue weighted by atomic mass is 10.1. The minimum absolute atomic E-state index is 0.213. The van der Waals surface area contributed by atoms with E-state index < -0.39 is 0 Å². The van der Waals surface area contributed by atoms with Crippen molar-refractivity contribution in [3.63, 3.8) is 0 Å². The number of nitrogens with zero attached hydrogens (tertiary/aromatic N) is 3. The molecule has 1 aliphatic heterocycles. The molecule has 0 bridgehead atoms. The maximum atomic E-state index is 13.0. The second kappa shape index (κ2) is 10.3. The fraction of sp³-hybridized carbons (Fsp3) is 0.450. The predicted molar refractivity (Wildman–Crippen MR) is 105 cm³/mol. The van der Waals surface area contributed by atoms with Gasteiger partial charge in [0.15, 0.2) is 11.5 Å². The third-order valence-electron chi connectivity index (χ3n) is 4.46. The zero-order chi connectivity index (χ0) is 20.5. The van der Waals surface area contributed by atoms with E-state index in [9.17, 15) is 9.59 Å². The van der Waals surface area contributed by atoms with Crippen LogP contribution in [-0.2, 0) is 9.59 Å². The summed E-state index contributed by atoms with van der Waals surface area (Å²) in [4.78, 5) is 28.4. The first kappa shape index (κ1) is 21.3. The molecule has 0 aliphatic carbocycles. The highest BCUT2D eigenvalue weighted by molar-refractivity contribution is 6.01. The van der Waals surface area contributed by atoms with Gasteiger partial charge < -0.3 is 19.7 Å². The molecule has 2 rings (SSSR count). The summed E-state index contributed by atoms with van der Waals surface area (Å²) in [5.41, 5.74) is 0.924. The summed E-state index contributed by atoms with van der Waals surface area (Å²) in [6.07, 6.45) is 2.11. The Morgan fingerprint density at radius 1 is 1.18 bits per heavy atom. The van der Waals surface area contributed by atoms with E-state index >= 15 is 0 Å². The van der Waals surface area contributed by atoms with Crippen molar-refractivity contribution in [1.82, 2.24) is 15.1 Å². The van der Waals surface area contributed by atoms with E-state index in [1.54, 1.807) is 36.3 Å². The van der Waals surface area contributed by atoms with E-state index in [-0.39, 0.29) is 17.5 Å². The Morgan fingerprint density at radius 2 is 1.86 bits per heavy atom. The van der Waals surface area contributed by atoms with E-state index in [0.717, 1.165) is 0 Å². The van der Waals surface area contributed by atoms with Crippen LogP contribution >= 0.6 is 0 Å². The number of hydrogen-bond acceptors (Lipinski definition) is 6. The first-order chi connectivity index (χ1) is 13.5. The highest BCUT2D eigenvalue weighted by Crippen LogP contribution is 2.28. The first-order valence-electron chi connectivity index (χ1n) is 9.08. The Kier molecular flexibility index (Phi) is 7.84. The molecule has 0 aromatic heterocycles. The molecule has 0 atom stereocenters. The van der Waals surface area contributed by atoms with Crippen LogP contribution in [0.25, 0.3) is 6.08 Å². The van der Waals surface area contributed by atoms with Crippen LogP contribution in [0.1, 0.15) is 18.9 Å². The van der Waals surface area contributed by atoms with Crippen LogP contribution in [0.5, 0.6) is 11.5 Å². The predicted octanol–water partition coefficient (Wildman–Crippen LogP) is 1.24. The zero-order valence-corrected chi connectivity index (χ0v) is 16.5. The molecule has 1 aromatic rings. The van der Waals surface area contributed by atoms with Crippen LogP contribution in [0.3, 0.4) is 0 Å². The smallest absolute Gasteiger partial charge is 0.270 e. The quantitative estimate of drug-likeness (QED) is 0.709. The van der Waals surface area contributed by atoms with Crippen molar-refractivity contribution in [2.24, 2.45) is 0 Å². The number of carbonyl (C=O) groups is 2. The molecule has 1 aromatic carbocycles.